The fourth-order valence-electron chi connectivity index (χ4n) is 11.6. The van der Waals surface area contributed by atoms with Crippen LogP contribution in [0.5, 0.6) is 0 Å². The SMILES string of the molecule is c1ccc(-n2c3ccccc3c3cc(-n4c5c(-c6cccc7ccccc67)cccc5c5ccc6c(c54)C4(c5ccccc5-c5ccccc54)c4ccccc4-6)ccc32)cc1. The van der Waals surface area contributed by atoms with Crippen molar-refractivity contribution in [1.29, 1.82) is 0 Å². The highest BCUT2D eigenvalue weighted by atomic mass is 15.0. The largest absolute Gasteiger partial charge is 0.309 e. The van der Waals surface area contributed by atoms with E-state index >= 15 is 0 Å². The van der Waals surface area contributed by atoms with Gasteiger partial charge in [-0.3, -0.25) is 0 Å². The molecule has 2 heteroatoms. The Balaban J connectivity index is 1.20. The first-order valence-electron chi connectivity index (χ1n) is 21.3. The summed E-state index contributed by atoms with van der Waals surface area (Å²) in [5.74, 6) is 0. The highest BCUT2D eigenvalue weighted by Gasteiger charge is 2.53. The lowest BCUT2D eigenvalue weighted by atomic mass is 9.70. The zero-order valence-electron chi connectivity index (χ0n) is 33.2. The van der Waals surface area contributed by atoms with E-state index in [9.17, 15) is 0 Å². The van der Waals surface area contributed by atoms with Crippen molar-refractivity contribution in [2.75, 3.05) is 0 Å². The molecule has 0 radical (unpaired) electrons. The van der Waals surface area contributed by atoms with Crippen LogP contribution < -0.4 is 0 Å². The van der Waals surface area contributed by atoms with E-state index in [-0.39, 0.29) is 0 Å². The van der Waals surface area contributed by atoms with Gasteiger partial charge in [-0.15, -0.1) is 0 Å². The summed E-state index contributed by atoms with van der Waals surface area (Å²) in [4.78, 5) is 0. The number of rotatable bonds is 3. The van der Waals surface area contributed by atoms with Crippen LogP contribution in [0.3, 0.4) is 0 Å². The predicted molar refractivity (Wildman–Crippen MR) is 254 cm³/mol. The third kappa shape index (κ3) is 4.16. The molecule has 1 spiro atoms. The Morgan fingerprint density at radius 1 is 0.279 bits per heavy atom. The number of benzene rings is 10. The van der Waals surface area contributed by atoms with Gasteiger partial charge in [0.1, 0.15) is 0 Å². The molecule has 12 aromatic rings. The molecular weight excluding hydrogens is 737 g/mol. The molecule has 2 nitrogen and oxygen atoms in total. The molecule has 0 N–H and O–H groups in total. The average molecular weight is 773 g/mol. The predicted octanol–water partition coefficient (Wildman–Crippen LogP) is 15.0. The highest BCUT2D eigenvalue weighted by molar-refractivity contribution is 6.19. The van der Waals surface area contributed by atoms with Gasteiger partial charge >= 0.3 is 0 Å². The van der Waals surface area contributed by atoms with Crippen LogP contribution in [-0.4, -0.2) is 9.13 Å². The third-order valence-corrected chi connectivity index (χ3v) is 13.9. The standard InChI is InChI=1S/C59H36N2/c1-2-18-38(19-3-1)60-54-31-13-9-24-45(54)50-36-39(32-35-55(50)60)61-57-47(41-25-14-17-37-16-4-5-20-40(37)41)26-15-27-48(57)49-34-33-46-44-23-8-12-30-53(44)59(56(46)58(49)61)51-28-10-6-21-42(51)43-22-7-11-29-52(43)59/h1-36H. The van der Waals surface area contributed by atoms with Crippen molar-refractivity contribution in [3.63, 3.8) is 0 Å². The van der Waals surface area contributed by atoms with Gasteiger partial charge in [-0.25, -0.2) is 0 Å². The lowest BCUT2D eigenvalue weighted by molar-refractivity contribution is 0.797. The minimum absolute atomic E-state index is 0.516. The summed E-state index contributed by atoms with van der Waals surface area (Å²) < 4.78 is 5.06. The van der Waals surface area contributed by atoms with E-state index in [1.807, 2.05) is 0 Å². The van der Waals surface area contributed by atoms with Gasteiger partial charge in [-0.1, -0.05) is 182 Å². The maximum Gasteiger partial charge on any atom is 0.0746 e. The highest BCUT2D eigenvalue weighted by Crippen LogP contribution is 2.64. The molecule has 0 fully saturated rings. The van der Waals surface area contributed by atoms with E-state index in [2.05, 4.69) is 228 Å². The van der Waals surface area contributed by atoms with Gasteiger partial charge in [0, 0.05) is 44.0 Å². The monoisotopic (exact) mass is 772 g/mol. The molecule has 14 rings (SSSR count). The van der Waals surface area contributed by atoms with Crippen molar-refractivity contribution < 1.29 is 0 Å². The van der Waals surface area contributed by atoms with Crippen molar-refractivity contribution in [3.8, 4) is 44.8 Å². The molecule has 0 aliphatic heterocycles. The van der Waals surface area contributed by atoms with Crippen molar-refractivity contribution in [1.82, 2.24) is 9.13 Å². The smallest absolute Gasteiger partial charge is 0.0746 e. The normalized spacial score (nSPS) is 13.4. The number of nitrogens with zero attached hydrogens (tertiary/aromatic N) is 2. The van der Waals surface area contributed by atoms with Gasteiger partial charge in [0.2, 0.25) is 0 Å². The fraction of sp³-hybridized carbons (Fsp3) is 0.0169. The molecule has 2 aliphatic rings. The minimum Gasteiger partial charge on any atom is -0.309 e. The van der Waals surface area contributed by atoms with Crippen molar-refractivity contribution in [2.45, 2.75) is 5.41 Å². The van der Waals surface area contributed by atoms with E-state index in [1.165, 1.54) is 110 Å². The fourth-order valence-corrected chi connectivity index (χ4v) is 11.6. The maximum absolute atomic E-state index is 2.64. The Morgan fingerprint density at radius 2 is 0.820 bits per heavy atom. The van der Waals surface area contributed by atoms with E-state index in [1.54, 1.807) is 0 Å². The van der Waals surface area contributed by atoms with Gasteiger partial charge in [-0.2, -0.15) is 0 Å². The topological polar surface area (TPSA) is 9.86 Å². The van der Waals surface area contributed by atoms with E-state index in [0.717, 1.165) is 11.4 Å². The lowest BCUT2D eigenvalue weighted by Gasteiger charge is -2.31. The summed E-state index contributed by atoms with van der Waals surface area (Å²) >= 11 is 0. The van der Waals surface area contributed by atoms with Crippen LogP contribution in [0.1, 0.15) is 22.3 Å². The molecule has 0 amide bonds. The molecule has 0 saturated carbocycles. The Kier molecular flexibility index (Phi) is 6.52. The number of hydrogen-bond acceptors (Lipinski definition) is 0. The first-order valence-corrected chi connectivity index (χ1v) is 21.3. The van der Waals surface area contributed by atoms with Gasteiger partial charge < -0.3 is 9.13 Å². The van der Waals surface area contributed by atoms with Crippen LogP contribution in [0.2, 0.25) is 0 Å². The second-order valence-electron chi connectivity index (χ2n) is 16.7. The van der Waals surface area contributed by atoms with Crippen LogP contribution in [0, 0.1) is 0 Å². The van der Waals surface area contributed by atoms with E-state index in [0.29, 0.717) is 0 Å². The number of hydrogen-bond donors (Lipinski definition) is 0. The Bertz CT molecular complexity index is 3750. The van der Waals surface area contributed by atoms with Crippen molar-refractivity contribution in [2.24, 2.45) is 0 Å². The van der Waals surface area contributed by atoms with E-state index < -0.39 is 5.41 Å². The summed E-state index contributed by atoms with van der Waals surface area (Å²) in [6, 6.07) is 81.6. The van der Waals surface area contributed by atoms with Gasteiger partial charge in [0.05, 0.1) is 27.5 Å². The quantitative estimate of drug-likeness (QED) is 0.169. The zero-order chi connectivity index (χ0) is 39.8. The van der Waals surface area contributed by atoms with Crippen LogP contribution in [0.15, 0.2) is 218 Å². The summed E-state index contributed by atoms with van der Waals surface area (Å²) in [7, 11) is 0. The molecule has 2 aliphatic carbocycles. The molecule has 2 heterocycles. The number of para-hydroxylation sites is 3. The molecule has 0 saturated heterocycles. The third-order valence-electron chi connectivity index (χ3n) is 13.9. The van der Waals surface area contributed by atoms with Gasteiger partial charge in [-0.05, 0) is 91.7 Å². The second kappa shape index (κ2) is 12.1. The number of aromatic nitrogens is 2. The van der Waals surface area contributed by atoms with Crippen molar-refractivity contribution in [3.05, 3.63) is 241 Å². The van der Waals surface area contributed by atoms with Crippen molar-refractivity contribution >= 4 is 54.4 Å². The average Bonchev–Trinajstić information content (AvgIpc) is 4.04. The first-order chi connectivity index (χ1) is 30.3. The van der Waals surface area contributed by atoms with Crippen LogP contribution in [0.25, 0.3) is 99.1 Å². The van der Waals surface area contributed by atoms with Gasteiger partial charge in [0.15, 0.2) is 0 Å². The zero-order valence-corrected chi connectivity index (χ0v) is 33.2. The molecule has 0 bridgehead atoms. The molecular formula is C59H36N2. The summed E-state index contributed by atoms with van der Waals surface area (Å²) in [5, 5.41) is 7.48. The second-order valence-corrected chi connectivity index (χ2v) is 16.7. The maximum atomic E-state index is 2.64. The molecule has 2 aromatic heterocycles. The van der Waals surface area contributed by atoms with Crippen LogP contribution >= 0.6 is 0 Å². The summed E-state index contributed by atoms with van der Waals surface area (Å²) in [6.45, 7) is 0. The van der Waals surface area contributed by atoms with Crippen LogP contribution in [0.4, 0.5) is 0 Å². The Morgan fingerprint density at radius 3 is 1.59 bits per heavy atom. The first kappa shape index (κ1) is 33.0. The molecule has 282 valence electrons. The van der Waals surface area contributed by atoms with E-state index in [4.69, 9.17) is 0 Å². The molecule has 10 aromatic carbocycles. The Labute approximate surface area is 352 Å². The molecule has 61 heavy (non-hydrogen) atoms. The minimum atomic E-state index is -0.516. The molecule has 0 unspecified atom stereocenters. The summed E-state index contributed by atoms with van der Waals surface area (Å²) in [5.41, 5.74) is 19.8. The Hall–Kier alpha value is -7.94. The number of fused-ring (bicyclic) bond motifs is 18. The van der Waals surface area contributed by atoms with Gasteiger partial charge in [0.25, 0.3) is 0 Å². The molecule has 0 atom stereocenters. The van der Waals surface area contributed by atoms with Crippen LogP contribution in [-0.2, 0) is 5.41 Å². The summed E-state index contributed by atoms with van der Waals surface area (Å²) in [6.07, 6.45) is 0. The lowest BCUT2D eigenvalue weighted by Crippen LogP contribution is -2.26.